The fourth-order valence-electron chi connectivity index (χ4n) is 5.76. The van der Waals surface area contributed by atoms with Gasteiger partial charge in [-0.3, -0.25) is 9.52 Å². The second-order valence-electron chi connectivity index (χ2n) is 10.8. The number of likely N-dealkylation sites (tertiary alicyclic amines) is 1. The van der Waals surface area contributed by atoms with Crippen LogP contribution in [-0.4, -0.2) is 56.6 Å². The monoisotopic (exact) mass is 516 g/mol. The van der Waals surface area contributed by atoms with Gasteiger partial charge >= 0.3 is 5.97 Å². The van der Waals surface area contributed by atoms with E-state index in [2.05, 4.69) is 25.5 Å². The van der Waals surface area contributed by atoms with E-state index in [9.17, 15) is 23.1 Å². The Morgan fingerprint density at radius 3 is 2.47 bits per heavy atom. The number of phenols is 1. The molecule has 2 unspecified atom stereocenters. The first kappa shape index (κ1) is 25.8. The predicted octanol–water partition coefficient (Wildman–Crippen LogP) is 3.79. The van der Waals surface area contributed by atoms with Crippen LogP contribution in [0.2, 0.25) is 0 Å². The third-order valence-corrected chi connectivity index (χ3v) is 8.28. The summed E-state index contributed by atoms with van der Waals surface area (Å²) in [5, 5.41) is 10.2. The molecule has 1 saturated carbocycles. The topological polar surface area (TPSA) is 122 Å². The average molecular weight is 517 g/mol. The van der Waals surface area contributed by atoms with E-state index in [1.165, 1.54) is 25.3 Å². The lowest BCUT2D eigenvalue weighted by atomic mass is 9.65. The summed E-state index contributed by atoms with van der Waals surface area (Å²) < 4.78 is 38.4. The Morgan fingerprint density at radius 1 is 1.11 bits per heavy atom. The number of anilines is 1. The van der Waals surface area contributed by atoms with Crippen LogP contribution in [0, 0.1) is 10.8 Å². The third kappa shape index (κ3) is 5.43. The summed E-state index contributed by atoms with van der Waals surface area (Å²) in [7, 11) is -2.56. The van der Waals surface area contributed by atoms with Crippen LogP contribution < -0.4 is 9.46 Å². The van der Waals surface area contributed by atoms with E-state index in [0.717, 1.165) is 31.4 Å². The number of amides is 1. The van der Waals surface area contributed by atoms with E-state index in [1.54, 1.807) is 17.0 Å². The number of nitrogens with zero attached hydrogens (tertiary/aromatic N) is 1. The van der Waals surface area contributed by atoms with Crippen molar-refractivity contribution < 1.29 is 32.6 Å². The number of nitrogens with one attached hydrogen (secondary N) is 1. The molecule has 1 aliphatic carbocycles. The number of methoxy groups -OCH3 is 1. The lowest BCUT2D eigenvalue weighted by Gasteiger charge is -2.39. The third-order valence-electron chi connectivity index (χ3n) is 6.90. The summed E-state index contributed by atoms with van der Waals surface area (Å²) in [5.74, 6) is -1.14. The molecule has 1 amide bonds. The van der Waals surface area contributed by atoms with Crippen molar-refractivity contribution in [1.82, 2.24) is 4.90 Å². The first-order chi connectivity index (χ1) is 16.8. The van der Waals surface area contributed by atoms with Crippen LogP contribution >= 0.6 is 0 Å². The van der Waals surface area contributed by atoms with Gasteiger partial charge in [0.2, 0.25) is 0 Å². The van der Waals surface area contributed by atoms with Gasteiger partial charge in [0.1, 0.15) is 17.1 Å². The number of phenolic OH excluding ortho intramolecular Hbond substituents is 1. The second-order valence-corrected chi connectivity index (χ2v) is 12.5. The molecule has 1 heterocycles. The fourth-order valence-corrected chi connectivity index (χ4v) is 6.84. The zero-order valence-corrected chi connectivity index (χ0v) is 21.7. The van der Waals surface area contributed by atoms with Crippen LogP contribution in [0.5, 0.6) is 11.5 Å². The van der Waals surface area contributed by atoms with Gasteiger partial charge in [-0.1, -0.05) is 20.8 Å². The highest BCUT2D eigenvalue weighted by molar-refractivity contribution is 7.92. The van der Waals surface area contributed by atoms with Gasteiger partial charge in [-0.2, -0.15) is 0 Å². The molecule has 2 bridgehead atoms. The molecule has 2 fully saturated rings. The number of aromatic hydroxyl groups is 1. The first-order valence-electron chi connectivity index (χ1n) is 11.8. The molecule has 9 nitrogen and oxygen atoms in total. The Morgan fingerprint density at radius 2 is 1.81 bits per heavy atom. The SMILES string of the molecule is COc1ccc(NS(=O)(=O)c2ccc(O)c(C(=O)OCC(=O)N3CC4(C)CC3CC(C)(C)C4)c2)cc1. The molecule has 0 radical (unpaired) electrons. The lowest BCUT2D eigenvalue weighted by Crippen LogP contribution is -2.39. The van der Waals surface area contributed by atoms with Gasteiger partial charge in [-0.15, -0.1) is 0 Å². The molecule has 2 aromatic carbocycles. The van der Waals surface area contributed by atoms with Gasteiger partial charge in [0.15, 0.2) is 6.61 Å². The molecule has 36 heavy (non-hydrogen) atoms. The van der Waals surface area contributed by atoms with Gasteiger partial charge in [0.25, 0.3) is 15.9 Å². The zero-order valence-electron chi connectivity index (χ0n) is 20.9. The number of rotatable bonds is 7. The molecule has 0 aromatic heterocycles. The first-order valence-corrected chi connectivity index (χ1v) is 13.3. The van der Waals surface area contributed by atoms with Crippen molar-refractivity contribution in [3.05, 3.63) is 48.0 Å². The number of carbonyl (C=O) groups is 2. The lowest BCUT2D eigenvalue weighted by molar-refractivity contribution is -0.135. The van der Waals surface area contributed by atoms with E-state index < -0.39 is 28.3 Å². The maximum Gasteiger partial charge on any atom is 0.342 e. The van der Waals surface area contributed by atoms with E-state index in [1.807, 2.05) is 0 Å². The smallest absolute Gasteiger partial charge is 0.342 e. The van der Waals surface area contributed by atoms with Crippen molar-refractivity contribution in [2.75, 3.05) is 25.0 Å². The van der Waals surface area contributed by atoms with Crippen molar-refractivity contribution in [3.63, 3.8) is 0 Å². The summed E-state index contributed by atoms with van der Waals surface area (Å²) in [5.41, 5.74) is 0.144. The largest absolute Gasteiger partial charge is 0.507 e. The molecule has 2 N–H and O–H groups in total. The van der Waals surface area contributed by atoms with Crippen LogP contribution in [0.1, 0.15) is 50.4 Å². The molecule has 2 aromatic rings. The average Bonchev–Trinajstić information content (AvgIpc) is 3.06. The van der Waals surface area contributed by atoms with Gasteiger partial charge in [0.05, 0.1) is 12.0 Å². The Bertz CT molecular complexity index is 1270. The number of benzene rings is 2. The Balaban J connectivity index is 1.43. The highest BCUT2D eigenvalue weighted by Crippen LogP contribution is 2.52. The molecule has 4 rings (SSSR count). The van der Waals surface area contributed by atoms with Gasteiger partial charge in [0, 0.05) is 18.3 Å². The standard InChI is InChI=1S/C26H32N2O7S/c1-25(2)12-18-13-26(3,15-25)16-28(18)23(30)14-35-24(31)21-11-20(9-10-22(21)29)36(32,33)27-17-5-7-19(34-4)8-6-17/h5-11,18,27,29H,12-16H2,1-4H3. The van der Waals surface area contributed by atoms with Crippen molar-refractivity contribution in [2.24, 2.45) is 10.8 Å². The number of fused-ring (bicyclic) bond motifs is 2. The summed E-state index contributed by atoms with van der Waals surface area (Å²) >= 11 is 0. The molecule has 1 aliphatic heterocycles. The van der Waals surface area contributed by atoms with Crippen molar-refractivity contribution in [1.29, 1.82) is 0 Å². The number of hydrogen-bond donors (Lipinski definition) is 2. The normalized spacial score (nSPS) is 22.7. The van der Waals surface area contributed by atoms with Crippen molar-refractivity contribution in [3.8, 4) is 11.5 Å². The van der Waals surface area contributed by atoms with Gasteiger partial charge in [-0.25, -0.2) is 13.2 Å². The van der Waals surface area contributed by atoms with Crippen molar-refractivity contribution in [2.45, 2.75) is 51.0 Å². The quantitative estimate of drug-likeness (QED) is 0.537. The fraction of sp³-hybridized carbons (Fsp3) is 0.462. The minimum Gasteiger partial charge on any atom is -0.507 e. The molecular formula is C26H32N2O7S. The molecular weight excluding hydrogens is 484 g/mol. The molecule has 2 aliphatic rings. The van der Waals surface area contributed by atoms with Gasteiger partial charge in [-0.05, 0) is 72.6 Å². The summed E-state index contributed by atoms with van der Waals surface area (Å²) in [4.78, 5) is 27.2. The highest BCUT2D eigenvalue weighted by Gasteiger charge is 2.51. The maximum absolute atomic E-state index is 12.9. The molecule has 10 heteroatoms. The maximum atomic E-state index is 12.9. The van der Waals surface area contributed by atoms with E-state index in [4.69, 9.17) is 9.47 Å². The minimum atomic E-state index is -4.06. The Labute approximate surface area is 211 Å². The Hall–Kier alpha value is -3.27. The van der Waals surface area contributed by atoms with E-state index >= 15 is 0 Å². The van der Waals surface area contributed by atoms with Gasteiger partial charge < -0.3 is 19.5 Å². The van der Waals surface area contributed by atoms with Crippen LogP contribution in [0.3, 0.4) is 0 Å². The summed E-state index contributed by atoms with van der Waals surface area (Å²) in [6, 6.07) is 9.69. The number of hydrogen-bond acceptors (Lipinski definition) is 7. The zero-order chi connectivity index (χ0) is 26.3. The van der Waals surface area contributed by atoms with Crippen LogP contribution in [0.4, 0.5) is 5.69 Å². The van der Waals surface area contributed by atoms with E-state index in [0.29, 0.717) is 18.0 Å². The number of sulfonamides is 1. The summed E-state index contributed by atoms with van der Waals surface area (Å²) in [6.45, 7) is 6.74. The van der Waals surface area contributed by atoms with E-state index in [-0.39, 0.29) is 33.2 Å². The predicted molar refractivity (Wildman–Crippen MR) is 133 cm³/mol. The Kier molecular flexibility index (Phi) is 6.68. The van der Waals surface area contributed by atoms with Crippen LogP contribution in [0.25, 0.3) is 0 Å². The molecule has 1 saturated heterocycles. The number of ether oxygens (including phenoxy) is 2. The molecule has 2 atom stereocenters. The molecule has 194 valence electrons. The summed E-state index contributed by atoms with van der Waals surface area (Å²) in [6.07, 6.45) is 2.85. The minimum absolute atomic E-state index is 0.0456. The van der Waals surface area contributed by atoms with Crippen LogP contribution in [-0.2, 0) is 19.6 Å². The second kappa shape index (κ2) is 9.31. The number of esters is 1. The van der Waals surface area contributed by atoms with Crippen LogP contribution in [0.15, 0.2) is 47.4 Å². The number of carbonyl (C=O) groups excluding carboxylic acids is 2. The molecule has 0 spiro atoms. The highest BCUT2D eigenvalue weighted by atomic mass is 32.2. The van der Waals surface area contributed by atoms with Crippen molar-refractivity contribution >= 4 is 27.6 Å².